The summed E-state index contributed by atoms with van der Waals surface area (Å²) < 4.78 is 25.1. The maximum Gasteiger partial charge on any atom is 0.338 e. The van der Waals surface area contributed by atoms with Gasteiger partial charge in [0.2, 0.25) is 0 Å². The van der Waals surface area contributed by atoms with Gasteiger partial charge in [-0.3, -0.25) is 0 Å². The second-order valence-electron chi connectivity index (χ2n) is 5.34. The van der Waals surface area contributed by atoms with Gasteiger partial charge in [-0.2, -0.15) is 0 Å². The predicted octanol–water partition coefficient (Wildman–Crippen LogP) is 4.34. The Hall–Kier alpha value is -2.46. The summed E-state index contributed by atoms with van der Waals surface area (Å²) in [6.07, 6.45) is -0.490. The van der Waals surface area contributed by atoms with Gasteiger partial charge in [-0.05, 0) is 24.1 Å². The van der Waals surface area contributed by atoms with Crippen LogP contribution in [0.2, 0.25) is 0 Å². The smallest absolute Gasteiger partial charge is 0.338 e. The average molecular weight is 328 g/mol. The van der Waals surface area contributed by atoms with Gasteiger partial charge >= 0.3 is 5.97 Å². The molecule has 0 N–H and O–H groups in total. The van der Waals surface area contributed by atoms with E-state index >= 15 is 0 Å². The van der Waals surface area contributed by atoms with Gasteiger partial charge < -0.3 is 9.47 Å². The van der Waals surface area contributed by atoms with Gasteiger partial charge in [-0.25, -0.2) is 9.18 Å². The standard InChI is InChI=1S/C20H21FO3/c1-2-9-18(21)19(23-14-16-10-5-3-6-11-16)15-24-20(22)17-12-7-4-8-13-17/h2-8,10-13,18-19H,1,9,14-15H2/t18-,19+/m0/s1. The summed E-state index contributed by atoms with van der Waals surface area (Å²) in [6, 6.07) is 18.1. The second kappa shape index (κ2) is 9.63. The summed E-state index contributed by atoms with van der Waals surface area (Å²) in [4.78, 5) is 12.0. The summed E-state index contributed by atoms with van der Waals surface area (Å²) in [7, 11) is 0. The molecule has 0 radical (unpaired) electrons. The summed E-state index contributed by atoms with van der Waals surface area (Å²) in [5, 5.41) is 0. The third-order valence-electron chi connectivity index (χ3n) is 3.49. The Balaban J connectivity index is 1.93. The molecule has 24 heavy (non-hydrogen) atoms. The monoisotopic (exact) mass is 328 g/mol. The topological polar surface area (TPSA) is 35.5 Å². The first-order valence-corrected chi connectivity index (χ1v) is 7.83. The van der Waals surface area contributed by atoms with Crippen LogP contribution in [-0.2, 0) is 16.1 Å². The average Bonchev–Trinajstić information content (AvgIpc) is 2.63. The minimum absolute atomic E-state index is 0.141. The van der Waals surface area contributed by atoms with Crippen LogP contribution in [0, 0.1) is 0 Å². The molecule has 2 aromatic carbocycles. The Morgan fingerprint density at radius 3 is 2.33 bits per heavy atom. The van der Waals surface area contributed by atoms with E-state index in [-0.39, 0.29) is 19.6 Å². The molecule has 0 aromatic heterocycles. The maximum atomic E-state index is 14.2. The summed E-state index contributed by atoms with van der Waals surface area (Å²) in [6.45, 7) is 3.65. The van der Waals surface area contributed by atoms with Crippen molar-refractivity contribution in [1.82, 2.24) is 0 Å². The lowest BCUT2D eigenvalue weighted by molar-refractivity contribution is -0.0505. The molecule has 0 bridgehead atoms. The molecule has 0 aliphatic rings. The van der Waals surface area contributed by atoms with Crippen molar-refractivity contribution in [1.29, 1.82) is 0 Å². The van der Waals surface area contributed by atoms with Crippen molar-refractivity contribution in [3.8, 4) is 0 Å². The molecule has 0 saturated carbocycles. The predicted molar refractivity (Wildman–Crippen MR) is 91.5 cm³/mol. The molecule has 0 aliphatic carbocycles. The van der Waals surface area contributed by atoms with Crippen molar-refractivity contribution >= 4 is 5.97 Å². The molecule has 0 heterocycles. The number of halogens is 1. The van der Waals surface area contributed by atoms with E-state index in [0.717, 1.165) is 5.56 Å². The third-order valence-corrected chi connectivity index (χ3v) is 3.49. The third kappa shape index (κ3) is 5.63. The van der Waals surface area contributed by atoms with Crippen LogP contribution in [0.25, 0.3) is 0 Å². The van der Waals surface area contributed by atoms with Crippen molar-refractivity contribution in [2.24, 2.45) is 0 Å². The summed E-state index contributed by atoms with van der Waals surface area (Å²) >= 11 is 0. The molecule has 3 nitrogen and oxygen atoms in total. The molecule has 0 fully saturated rings. The number of alkyl halides is 1. The fourth-order valence-electron chi connectivity index (χ4n) is 2.16. The zero-order valence-corrected chi connectivity index (χ0v) is 13.4. The van der Waals surface area contributed by atoms with Crippen molar-refractivity contribution < 1.29 is 18.7 Å². The van der Waals surface area contributed by atoms with Gasteiger partial charge in [0, 0.05) is 0 Å². The molecule has 4 heteroatoms. The van der Waals surface area contributed by atoms with Gasteiger partial charge in [0.05, 0.1) is 12.2 Å². The minimum atomic E-state index is -1.28. The van der Waals surface area contributed by atoms with E-state index < -0.39 is 18.2 Å². The quantitative estimate of drug-likeness (QED) is 0.507. The maximum absolute atomic E-state index is 14.2. The molecular weight excluding hydrogens is 307 g/mol. The van der Waals surface area contributed by atoms with Crippen LogP contribution >= 0.6 is 0 Å². The van der Waals surface area contributed by atoms with Crippen LogP contribution in [0.1, 0.15) is 22.3 Å². The van der Waals surface area contributed by atoms with Gasteiger partial charge in [0.1, 0.15) is 18.9 Å². The highest BCUT2D eigenvalue weighted by Crippen LogP contribution is 2.14. The largest absolute Gasteiger partial charge is 0.459 e. The Bertz CT molecular complexity index is 628. The lowest BCUT2D eigenvalue weighted by Crippen LogP contribution is -2.31. The van der Waals surface area contributed by atoms with Crippen molar-refractivity contribution in [2.45, 2.75) is 25.3 Å². The van der Waals surface area contributed by atoms with Crippen LogP contribution in [0.4, 0.5) is 4.39 Å². The minimum Gasteiger partial charge on any atom is -0.459 e. The van der Waals surface area contributed by atoms with Crippen LogP contribution in [0.3, 0.4) is 0 Å². The molecule has 0 spiro atoms. The highest BCUT2D eigenvalue weighted by Gasteiger charge is 2.23. The van der Waals surface area contributed by atoms with E-state index in [1.165, 1.54) is 6.08 Å². The summed E-state index contributed by atoms with van der Waals surface area (Å²) in [5.74, 6) is -0.491. The van der Waals surface area contributed by atoms with Crippen LogP contribution in [0.15, 0.2) is 73.3 Å². The summed E-state index contributed by atoms with van der Waals surface area (Å²) in [5.41, 5.74) is 1.36. The molecule has 2 rings (SSSR count). The second-order valence-corrected chi connectivity index (χ2v) is 5.34. The van der Waals surface area contributed by atoms with Gasteiger partial charge in [0.25, 0.3) is 0 Å². The number of hydrogen-bond acceptors (Lipinski definition) is 3. The number of rotatable bonds is 9. The van der Waals surface area contributed by atoms with E-state index in [1.54, 1.807) is 24.3 Å². The van der Waals surface area contributed by atoms with Crippen molar-refractivity contribution in [3.05, 3.63) is 84.4 Å². The lowest BCUT2D eigenvalue weighted by atomic mass is 10.1. The van der Waals surface area contributed by atoms with Crippen molar-refractivity contribution in [3.63, 3.8) is 0 Å². The number of carbonyl (C=O) groups is 1. The lowest BCUT2D eigenvalue weighted by Gasteiger charge is -2.21. The molecule has 0 unspecified atom stereocenters. The van der Waals surface area contributed by atoms with Gasteiger partial charge in [-0.15, -0.1) is 6.58 Å². The molecule has 126 valence electrons. The molecule has 0 saturated heterocycles. The highest BCUT2D eigenvalue weighted by atomic mass is 19.1. The Morgan fingerprint density at radius 1 is 1.08 bits per heavy atom. The molecule has 0 amide bonds. The van der Waals surface area contributed by atoms with Crippen LogP contribution < -0.4 is 0 Å². The first-order chi connectivity index (χ1) is 11.7. The fourth-order valence-corrected chi connectivity index (χ4v) is 2.16. The number of esters is 1. The first-order valence-electron chi connectivity index (χ1n) is 7.83. The Kier molecular flexibility index (Phi) is 7.18. The number of ether oxygens (including phenoxy) is 2. The molecule has 2 atom stereocenters. The van der Waals surface area contributed by atoms with E-state index in [9.17, 15) is 9.18 Å². The van der Waals surface area contributed by atoms with Crippen molar-refractivity contribution in [2.75, 3.05) is 6.61 Å². The number of benzene rings is 2. The molecule has 0 aliphatic heterocycles. The first kappa shape index (κ1) is 17.9. The van der Waals surface area contributed by atoms with Crippen LogP contribution in [-0.4, -0.2) is 24.9 Å². The zero-order valence-electron chi connectivity index (χ0n) is 13.4. The Labute approximate surface area is 141 Å². The normalized spacial score (nSPS) is 13.0. The number of allylic oxidation sites excluding steroid dienone is 1. The van der Waals surface area contributed by atoms with Crippen LogP contribution in [0.5, 0.6) is 0 Å². The van der Waals surface area contributed by atoms with E-state index in [1.807, 2.05) is 36.4 Å². The number of carbonyl (C=O) groups excluding carboxylic acids is 1. The van der Waals surface area contributed by atoms with Gasteiger partial charge in [0.15, 0.2) is 0 Å². The van der Waals surface area contributed by atoms with Gasteiger partial charge in [-0.1, -0.05) is 54.6 Å². The van der Waals surface area contributed by atoms with E-state index in [4.69, 9.17) is 9.47 Å². The van der Waals surface area contributed by atoms with E-state index in [2.05, 4.69) is 6.58 Å². The zero-order chi connectivity index (χ0) is 17.2. The Morgan fingerprint density at radius 2 is 1.71 bits per heavy atom. The van der Waals surface area contributed by atoms with E-state index in [0.29, 0.717) is 5.56 Å². The molecular formula is C20H21FO3. The SMILES string of the molecule is C=CC[C@H](F)[C@@H](COC(=O)c1ccccc1)OCc1ccccc1. The fraction of sp³-hybridized carbons (Fsp3) is 0.250. The highest BCUT2D eigenvalue weighted by molar-refractivity contribution is 5.89. The molecule has 2 aromatic rings. The number of hydrogen-bond donors (Lipinski definition) is 0.